The summed E-state index contributed by atoms with van der Waals surface area (Å²) in [5.41, 5.74) is 0. The van der Waals surface area contributed by atoms with Crippen molar-refractivity contribution < 1.29 is 4.74 Å². The lowest BCUT2D eigenvalue weighted by Gasteiger charge is -2.27. The highest BCUT2D eigenvalue weighted by molar-refractivity contribution is 7.16. The zero-order valence-electron chi connectivity index (χ0n) is 9.64. The molecule has 17 heavy (non-hydrogen) atoms. The van der Waals surface area contributed by atoms with E-state index < -0.39 is 0 Å². The van der Waals surface area contributed by atoms with Gasteiger partial charge in [0.1, 0.15) is 10.6 Å². The van der Waals surface area contributed by atoms with E-state index >= 15 is 0 Å². The van der Waals surface area contributed by atoms with Crippen molar-refractivity contribution >= 4 is 33.3 Å². The number of anilines is 2. The number of fused-ring (bicyclic) bond motifs is 1. The normalized spacial score (nSPS) is 16.4. The van der Waals surface area contributed by atoms with E-state index in [1.54, 1.807) is 11.3 Å². The Morgan fingerprint density at radius 2 is 2.18 bits per heavy atom. The van der Waals surface area contributed by atoms with Gasteiger partial charge in [0.2, 0.25) is 5.95 Å². The molecule has 0 aromatic carbocycles. The molecule has 1 saturated heterocycles. The molecule has 0 spiro atoms. The van der Waals surface area contributed by atoms with Gasteiger partial charge in [-0.1, -0.05) is 0 Å². The van der Waals surface area contributed by atoms with Gasteiger partial charge in [0.05, 0.1) is 18.6 Å². The highest BCUT2D eigenvalue weighted by atomic mass is 32.1. The van der Waals surface area contributed by atoms with Crippen LogP contribution in [0.2, 0.25) is 0 Å². The van der Waals surface area contributed by atoms with Crippen LogP contribution in [-0.2, 0) is 4.74 Å². The minimum Gasteiger partial charge on any atom is -0.378 e. The van der Waals surface area contributed by atoms with Crippen LogP contribution in [0.5, 0.6) is 0 Å². The van der Waals surface area contributed by atoms with Crippen LogP contribution in [0.1, 0.15) is 0 Å². The summed E-state index contributed by atoms with van der Waals surface area (Å²) >= 11 is 1.65. The highest BCUT2D eigenvalue weighted by Gasteiger charge is 2.16. The number of nitrogens with one attached hydrogen (secondary N) is 1. The quantitative estimate of drug-likeness (QED) is 0.876. The summed E-state index contributed by atoms with van der Waals surface area (Å²) in [7, 11) is 1.89. The summed E-state index contributed by atoms with van der Waals surface area (Å²) < 4.78 is 5.34. The van der Waals surface area contributed by atoms with Crippen LogP contribution in [-0.4, -0.2) is 43.3 Å². The smallest absolute Gasteiger partial charge is 0.228 e. The van der Waals surface area contributed by atoms with Gasteiger partial charge in [-0.15, -0.1) is 11.3 Å². The monoisotopic (exact) mass is 250 g/mol. The number of hydrogen-bond acceptors (Lipinski definition) is 6. The van der Waals surface area contributed by atoms with Gasteiger partial charge >= 0.3 is 0 Å². The predicted molar refractivity (Wildman–Crippen MR) is 70.0 cm³/mol. The molecule has 5 nitrogen and oxygen atoms in total. The van der Waals surface area contributed by atoms with Crippen LogP contribution in [0.3, 0.4) is 0 Å². The van der Waals surface area contributed by atoms with Gasteiger partial charge in [-0.3, -0.25) is 0 Å². The maximum absolute atomic E-state index is 5.34. The third kappa shape index (κ3) is 1.94. The maximum Gasteiger partial charge on any atom is 0.228 e. The van der Waals surface area contributed by atoms with Crippen molar-refractivity contribution in [1.82, 2.24) is 9.97 Å². The standard InChI is InChI=1S/C11H14N4OS/c1-12-9-8-2-7-17-10(8)14-11(13-9)15-3-5-16-6-4-15/h2,7H,3-6H2,1H3,(H,12,13,14). The van der Waals surface area contributed by atoms with Crippen molar-refractivity contribution in [3.05, 3.63) is 11.4 Å². The fraction of sp³-hybridized carbons (Fsp3) is 0.455. The molecule has 0 unspecified atom stereocenters. The Hall–Kier alpha value is -1.40. The third-order valence-corrected chi connectivity index (χ3v) is 3.65. The second-order valence-electron chi connectivity index (χ2n) is 3.86. The molecule has 0 atom stereocenters. The van der Waals surface area contributed by atoms with Crippen LogP contribution in [0, 0.1) is 0 Å². The molecule has 1 aliphatic rings. The van der Waals surface area contributed by atoms with Gasteiger partial charge in [0, 0.05) is 20.1 Å². The molecule has 0 saturated carbocycles. The van der Waals surface area contributed by atoms with Crippen LogP contribution in [0.4, 0.5) is 11.8 Å². The number of hydrogen-bond donors (Lipinski definition) is 1. The van der Waals surface area contributed by atoms with Crippen LogP contribution >= 0.6 is 11.3 Å². The number of thiophene rings is 1. The summed E-state index contributed by atoms with van der Waals surface area (Å²) in [6.45, 7) is 3.22. The van der Waals surface area contributed by atoms with Crippen molar-refractivity contribution in [2.24, 2.45) is 0 Å². The largest absolute Gasteiger partial charge is 0.378 e. The number of aromatic nitrogens is 2. The van der Waals surface area contributed by atoms with Gasteiger partial charge in [-0.05, 0) is 11.4 Å². The molecular formula is C11H14N4OS. The Labute approximate surface area is 103 Å². The molecule has 1 fully saturated rings. The zero-order valence-corrected chi connectivity index (χ0v) is 10.5. The van der Waals surface area contributed by atoms with Crippen LogP contribution in [0.25, 0.3) is 10.2 Å². The van der Waals surface area contributed by atoms with Gasteiger partial charge in [0.25, 0.3) is 0 Å². The molecule has 0 amide bonds. The summed E-state index contributed by atoms with van der Waals surface area (Å²) in [5.74, 6) is 1.70. The minimum atomic E-state index is 0.751. The highest BCUT2D eigenvalue weighted by Crippen LogP contribution is 2.27. The van der Waals surface area contributed by atoms with E-state index in [9.17, 15) is 0 Å². The first kappa shape index (κ1) is 10.7. The average molecular weight is 250 g/mol. The maximum atomic E-state index is 5.34. The van der Waals surface area contributed by atoms with Crippen molar-refractivity contribution in [2.75, 3.05) is 43.6 Å². The van der Waals surface area contributed by atoms with E-state index in [0.717, 1.165) is 48.3 Å². The Morgan fingerprint density at radius 3 is 2.94 bits per heavy atom. The number of nitrogens with zero attached hydrogens (tertiary/aromatic N) is 3. The van der Waals surface area contributed by atoms with Crippen molar-refractivity contribution in [3.63, 3.8) is 0 Å². The van der Waals surface area contributed by atoms with E-state index in [2.05, 4.69) is 26.3 Å². The summed E-state index contributed by atoms with van der Waals surface area (Å²) in [5, 5.41) is 6.27. The van der Waals surface area contributed by atoms with E-state index in [0.29, 0.717) is 0 Å². The SMILES string of the molecule is CNc1nc(N2CCOCC2)nc2sccc12. The molecule has 6 heteroatoms. The first-order valence-electron chi connectivity index (χ1n) is 5.64. The zero-order chi connectivity index (χ0) is 11.7. The topological polar surface area (TPSA) is 50.3 Å². The predicted octanol–water partition coefficient (Wildman–Crippen LogP) is 1.57. The third-order valence-electron chi connectivity index (χ3n) is 2.84. The lowest BCUT2D eigenvalue weighted by atomic mass is 10.4. The molecule has 0 radical (unpaired) electrons. The lowest BCUT2D eigenvalue weighted by Crippen LogP contribution is -2.37. The van der Waals surface area contributed by atoms with Crippen molar-refractivity contribution in [2.45, 2.75) is 0 Å². The second-order valence-corrected chi connectivity index (χ2v) is 4.76. The van der Waals surface area contributed by atoms with Gasteiger partial charge in [-0.2, -0.15) is 4.98 Å². The molecule has 2 aromatic heterocycles. The Kier molecular flexibility index (Phi) is 2.82. The molecule has 0 bridgehead atoms. The van der Waals surface area contributed by atoms with E-state index in [-0.39, 0.29) is 0 Å². The Bertz CT molecular complexity index is 521. The number of ether oxygens (including phenoxy) is 1. The molecule has 1 N–H and O–H groups in total. The van der Waals surface area contributed by atoms with Crippen LogP contribution < -0.4 is 10.2 Å². The summed E-state index contributed by atoms with van der Waals surface area (Å²) in [6, 6.07) is 2.05. The first-order valence-corrected chi connectivity index (χ1v) is 6.52. The average Bonchev–Trinajstić information content (AvgIpc) is 2.86. The second kappa shape index (κ2) is 4.46. The van der Waals surface area contributed by atoms with Crippen molar-refractivity contribution in [3.8, 4) is 0 Å². The Balaban J connectivity index is 2.03. The van der Waals surface area contributed by atoms with Gasteiger partial charge in [0.15, 0.2) is 0 Å². The molecule has 90 valence electrons. The molecule has 1 aliphatic heterocycles. The van der Waals surface area contributed by atoms with E-state index in [1.165, 1.54) is 0 Å². The lowest BCUT2D eigenvalue weighted by molar-refractivity contribution is 0.122. The fourth-order valence-corrected chi connectivity index (χ4v) is 2.70. The summed E-state index contributed by atoms with van der Waals surface area (Å²) in [4.78, 5) is 12.4. The van der Waals surface area contributed by atoms with E-state index in [4.69, 9.17) is 4.74 Å². The molecule has 2 aromatic rings. The van der Waals surface area contributed by atoms with Gasteiger partial charge in [-0.25, -0.2) is 4.98 Å². The van der Waals surface area contributed by atoms with Crippen LogP contribution in [0.15, 0.2) is 11.4 Å². The Morgan fingerprint density at radius 1 is 1.35 bits per heavy atom. The minimum absolute atomic E-state index is 0.751. The number of morpholine rings is 1. The fourth-order valence-electron chi connectivity index (χ4n) is 1.94. The number of rotatable bonds is 2. The first-order chi connectivity index (χ1) is 8.38. The summed E-state index contributed by atoms with van der Waals surface area (Å²) in [6.07, 6.45) is 0. The van der Waals surface area contributed by atoms with Gasteiger partial charge < -0.3 is 15.0 Å². The molecule has 3 rings (SSSR count). The molecule has 3 heterocycles. The van der Waals surface area contributed by atoms with Crippen molar-refractivity contribution in [1.29, 1.82) is 0 Å². The molecular weight excluding hydrogens is 236 g/mol. The molecule has 0 aliphatic carbocycles. The van der Waals surface area contributed by atoms with E-state index in [1.807, 2.05) is 12.4 Å².